The molecule has 0 fully saturated rings. The van der Waals surface area contributed by atoms with Crippen LogP contribution in [0, 0.1) is 0 Å². The first-order valence-corrected chi connectivity index (χ1v) is 10.4. The highest BCUT2D eigenvalue weighted by Gasteiger charge is 2.24. The van der Waals surface area contributed by atoms with Gasteiger partial charge in [0.2, 0.25) is 15.9 Å². The van der Waals surface area contributed by atoms with Crippen molar-refractivity contribution in [2.45, 2.75) is 16.3 Å². The molecule has 134 valence electrons. The van der Waals surface area contributed by atoms with Gasteiger partial charge in [0.05, 0.1) is 11.4 Å². The molecule has 25 heavy (non-hydrogen) atoms. The highest BCUT2D eigenvalue weighted by molar-refractivity contribution is 7.98. The number of hydrogen-bond acceptors (Lipinski definition) is 4. The molecule has 0 aliphatic carbocycles. The second-order valence-electron chi connectivity index (χ2n) is 5.67. The van der Waals surface area contributed by atoms with Crippen molar-refractivity contribution in [2.75, 3.05) is 26.9 Å². The third-order valence-corrected chi connectivity index (χ3v) is 6.38. The fraction of sp³-hybridized carbons (Fsp3) is 0.278. The molecule has 0 aliphatic rings. The number of hydrogen-bond donors (Lipinski definition) is 0. The van der Waals surface area contributed by atoms with E-state index in [4.69, 9.17) is 0 Å². The monoisotopic (exact) mass is 378 g/mol. The second-order valence-corrected chi connectivity index (χ2v) is 8.60. The van der Waals surface area contributed by atoms with Gasteiger partial charge in [-0.2, -0.15) is 4.31 Å². The first kappa shape index (κ1) is 19.5. The number of likely N-dealkylation sites (N-methyl/N-ethyl adjacent to an activating group) is 2. The van der Waals surface area contributed by atoms with E-state index in [0.29, 0.717) is 6.54 Å². The molecular formula is C18H22N2O3S2. The molecule has 0 unspecified atom stereocenters. The Balaban J connectivity index is 2.03. The average Bonchev–Trinajstić information content (AvgIpc) is 2.62. The SMILES string of the molecule is CSc1ccc(S(=O)(=O)N(C)CC(=O)N(C)Cc2ccccc2)cc1. The summed E-state index contributed by atoms with van der Waals surface area (Å²) in [7, 11) is -0.596. The Hall–Kier alpha value is -1.83. The molecule has 1 amide bonds. The van der Waals surface area contributed by atoms with Crippen LogP contribution < -0.4 is 0 Å². The van der Waals surface area contributed by atoms with E-state index in [2.05, 4.69) is 0 Å². The number of nitrogens with zero attached hydrogens (tertiary/aromatic N) is 2. The maximum absolute atomic E-state index is 12.6. The van der Waals surface area contributed by atoms with Crippen LogP contribution in [0.15, 0.2) is 64.4 Å². The summed E-state index contributed by atoms with van der Waals surface area (Å²) in [5.74, 6) is -0.254. The molecule has 0 N–H and O–H groups in total. The summed E-state index contributed by atoms with van der Waals surface area (Å²) < 4.78 is 26.3. The standard InChI is InChI=1S/C18H22N2O3S2/c1-19(13-15-7-5-4-6-8-15)18(21)14-20(2)25(22,23)17-11-9-16(24-3)10-12-17/h4-12H,13-14H2,1-3H3. The number of thioether (sulfide) groups is 1. The molecule has 0 radical (unpaired) electrons. The van der Waals surface area contributed by atoms with Crippen LogP contribution in [0.25, 0.3) is 0 Å². The third kappa shape index (κ3) is 5.07. The van der Waals surface area contributed by atoms with E-state index in [1.165, 1.54) is 11.9 Å². The zero-order valence-electron chi connectivity index (χ0n) is 14.5. The Morgan fingerprint density at radius 3 is 2.16 bits per heavy atom. The van der Waals surface area contributed by atoms with Gasteiger partial charge in [-0.15, -0.1) is 11.8 Å². The fourth-order valence-electron chi connectivity index (χ4n) is 2.27. The zero-order chi connectivity index (χ0) is 18.4. The smallest absolute Gasteiger partial charge is 0.243 e. The normalized spacial score (nSPS) is 11.5. The third-order valence-electron chi connectivity index (χ3n) is 3.81. The van der Waals surface area contributed by atoms with Crippen molar-refractivity contribution >= 4 is 27.7 Å². The summed E-state index contributed by atoms with van der Waals surface area (Å²) in [5, 5.41) is 0. The van der Waals surface area contributed by atoms with Gasteiger partial charge in [-0.25, -0.2) is 8.42 Å². The summed E-state index contributed by atoms with van der Waals surface area (Å²) in [4.78, 5) is 15.1. The van der Waals surface area contributed by atoms with Gasteiger partial charge < -0.3 is 4.90 Å². The molecule has 0 saturated carbocycles. The van der Waals surface area contributed by atoms with Crippen LogP contribution in [0.3, 0.4) is 0 Å². The zero-order valence-corrected chi connectivity index (χ0v) is 16.2. The first-order valence-electron chi connectivity index (χ1n) is 7.73. The number of amides is 1. The molecule has 2 aromatic rings. The quantitative estimate of drug-likeness (QED) is 0.695. The fourth-order valence-corrected chi connectivity index (χ4v) is 3.80. The van der Waals surface area contributed by atoms with Gasteiger partial charge >= 0.3 is 0 Å². The van der Waals surface area contributed by atoms with Gasteiger partial charge in [-0.05, 0) is 36.1 Å². The van der Waals surface area contributed by atoms with E-state index in [9.17, 15) is 13.2 Å². The number of sulfonamides is 1. The minimum atomic E-state index is -3.69. The lowest BCUT2D eigenvalue weighted by molar-refractivity contribution is -0.130. The van der Waals surface area contributed by atoms with Crippen LogP contribution in [-0.2, 0) is 21.4 Å². The number of carbonyl (C=O) groups is 1. The molecule has 0 aliphatic heterocycles. The Kier molecular flexibility index (Phi) is 6.64. The molecule has 2 aromatic carbocycles. The lowest BCUT2D eigenvalue weighted by atomic mass is 10.2. The molecule has 2 rings (SSSR count). The van der Waals surface area contributed by atoms with Crippen LogP contribution in [0.5, 0.6) is 0 Å². The summed E-state index contributed by atoms with van der Waals surface area (Å²) >= 11 is 1.54. The van der Waals surface area contributed by atoms with Gasteiger partial charge in [0.15, 0.2) is 0 Å². The van der Waals surface area contributed by atoms with Crippen LogP contribution >= 0.6 is 11.8 Å². The maximum Gasteiger partial charge on any atom is 0.243 e. The summed E-state index contributed by atoms with van der Waals surface area (Å²) in [6.07, 6.45) is 1.93. The van der Waals surface area contributed by atoms with Gasteiger partial charge in [0.1, 0.15) is 0 Å². The van der Waals surface area contributed by atoms with E-state index < -0.39 is 10.0 Å². The topological polar surface area (TPSA) is 57.7 Å². The van der Waals surface area contributed by atoms with Crippen LogP contribution in [-0.4, -0.2) is 50.4 Å². The lowest BCUT2D eigenvalue weighted by Crippen LogP contribution is -2.39. The molecule has 5 nitrogen and oxygen atoms in total. The van der Waals surface area contributed by atoms with Crippen LogP contribution in [0.2, 0.25) is 0 Å². The number of rotatable bonds is 7. The highest BCUT2D eigenvalue weighted by atomic mass is 32.2. The van der Waals surface area contributed by atoms with Crippen molar-refractivity contribution in [1.82, 2.24) is 9.21 Å². The Labute approximate surface area is 153 Å². The molecule has 0 bridgehead atoms. The van der Waals surface area contributed by atoms with Crippen molar-refractivity contribution in [3.63, 3.8) is 0 Å². The molecule has 0 saturated heterocycles. The van der Waals surface area contributed by atoms with Gasteiger partial charge in [0, 0.05) is 25.5 Å². The van der Waals surface area contributed by atoms with E-state index in [0.717, 1.165) is 14.8 Å². The summed E-state index contributed by atoms with van der Waals surface area (Å²) in [5.41, 5.74) is 0.997. The number of carbonyl (C=O) groups excluding carboxylic acids is 1. The Morgan fingerprint density at radius 2 is 1.60 bits per heavy atom. The van der Waals surface area contributed by atoms with Crippen molar-refractivity contribution < 1.29 is 13.2 Å². The highest BCUT2D eigenvalue weighted by Crippen LogP contribution is 2.20. The number of benzene rings is 2. The summed E-state index contributed by atoms with van der Waals surface area (Å²) in [6, 6.07) is 16.2. The molecule has 0 aromatic heterocycles. The molecule has 7 heteroatoms. The maximum atomic E-state index is 12.6. The molecular weight excluding hydrogens is 356 g/mol. The average molecular weight is 379 g/mol. The van der Waals surface area contributed by atoms with Gasteiger partial charge in [-0.1, -0.05) is 30.3 Å². The Morgan fingerprint density at radius 1 is 1.00 bits per heavy atom. The van der Waals surface area contributed by atoms with Gasteiger partial charge in [0.25, 0.3) is 0 Å². The first-order chi connectivity index (χ1) is 11.8. The Bertz CT molecular complexity index is 806. The van der Waals surface area contributed by atoms with Crippen LogP contribution in [0.4, 0.5) is 0 Å². The molecule has 0 spiro atoms. The van der Waals surface area contributed by atoms with Crippen molar-refractivity contribution in [3.8, 4) is 0 Å². The largest absolute Gasteiger partial charge is 0.340 e. The van der Waals surface area contributed by atoms with Crippen molar-refractivity contribution in [1.29, 1.82) is 0 Å². The second kappa shape index (κ2) is 8.51. The lowest BCUT2D eigenvalue weighted by Gasteiger charge is -2.22. The molecule has 0 heterocycles. The van der Waals surface area contributed by atoms with Gasteiger partial charge in [-0.3, -0.25) is 4.79 Å². The van der Waals surface area contributed by atoms with E-state index in [1.54, 1.807) is 43.1 Å². The van der Waals surface area contributed by atoms with E-state index >= 15 is 0 Å². The minimum Gasteiger partial charge on any atom is -0.340 e. The predicted molar refractivity (Wildman–Crippen MR) is 101 cm³/mol. The predicted octanol–water partition coefficient (Wildman–Crippen LogP) is 2.69. The minimum absolute atomic E-state index is 0.186. The summed E-state index contributed by atoms with van der Waals surface area (Å²) in [6.45, 7) is 0.242. The molecule has 0 atom stereocenters. The van der Waals surface area contributed by atoms with Crippen molar-refractivity contribution in [3.05, 3.63) is 60.2 Å². The van der Waals surface area contributed by atoms with Crippen LogP contribution in [0.1, 0.15) is 5.56 Å². The van der Waals surface area contributed by atoms with E-state index in [-0.39, 0.29) is 17.3 Å². The van der Waals surface area contributed by atoms with Crippen molar-refractivity contribution in [2.24, 2.45) is 0 Å². The van der Waals surface area contributed by atoms with E-state index in [1.807, 2.05) is 36.6 Å².